The Kier molecular flexibility index (Phi) is 8.01. The second-order valence-electron chi connectivity index (χ2n) is 5.72. The predicted octanol–water partition coefficient (Wildman–Crippen LogP) is 3.53. The number of methoxy groups -OCH3 is 1. The molecule has 1 N–H and O–H groups in total. The summed E-state index contributed by atoms with van der Waals surface area (Å²) < 4.78 is 5.11. The van der Waals surface area contributed by atoms with Crippen LogP contribution in [0.15, 0.2) is 60.7 Å². The Morgan fingerprint density at radius 3 is 2.56 bits per heavy atom. The van der Waals surface area contributed by atoms with Crippen LogP contribution in [0.5, 0.6) is 5.75 Å². The zero-order valence-corrected chi connectivity index (χ0v) is 15.9. The van der Waals surface area contributed by atoms with Crippen molar-refractivity contribution in [1.29, 1.82) is 5.26 Å². The molecule has 6 heteroatoms. The number of nitrogens with zero attached hydrogens (tertiary/aromatic N) is 2. The van der Waals surface area contributed by atoms with Crippen LogP contribution in [0, 0.1) is 11.3 Å². The van der Waals surface area contributed by atoms with E-state index in [4.69, 9.17) is 22.2 Å². The molecule has 0 aliphatic rings. The average Bonchev–Trinajstić information content (AvgIpc) is 2.70. The topological polar surface area (TPSA) is 65.4 Å². The monoisotopic (exact) mass is 379 g/mol. The van der Waals surface area contributed by atoms with Crippen LogP contribution in [-0.4, -0.2) is 29.6 Å². The van der Waals surface area contributed by atoms with E-state index in [0.29, 0.717) is 24.6 Å². The van der Waals surface area contributed by atoms with Gasteiger partial charge in [-0.15, -0.1) is 0 Å². The molecule has 0 saturated heterocycles. The summed E-state index contributed by atoms with van der Waals surface area (Å²) in [5, 5.41) is 11.9. The van der Waals surface area contributed by atoms with Crippen LogP contribution in [0.2, 0.25) is 0 Å². The van der Waals surface area contributed by atoms with Crippen LogP contribution >= 0.6 is 12.2 Å². The van der Waals surface area contributed by atoms with Gasteiger partial charge in [-0.1, -0.05) is 42.5 Å². The lowest BCUT2D eigenvalue weighted by Gasteiger charge is -2.24. The minimum Gasteiger partial charge on any atom is -0.497 e. The maximum absolute atomic E-state index is 12.2. The molecule has 138 valence electrons. The predicted molar refractivity (Wildman–Crippen MR) is 110 cm³/mol. The van der Waals surface area contributed by atoms with Crippen molar-refractivity contribution in [3.63, 3.8) is 0 Å². The number of amides is 1. The molecule has 2 rings (SSSR count). The minimum atomic E-state index is -0.314. The van der Waals surface area contributed by atoms with Crippen LogP contribution in [-0.2, 0) is 11.3 Å². The Balaban J connectivity index is 1.96. The van der Waals surface area contributed by atoms with Crippen molar-refractivity contribution in [3.8, 4) is 11.8 Å². The highest BCUT2D eigenvalue weighted by Crippen LogP contribution is 2.12. The molecule has 0 unspecified atom stereocenters. The number of carbonyl (C=O) groups excluding carboxylic acids is 1. The average molecular weight is 379 g/mol. The fourth-order valence-corrected chi connectivity index (χ4v) is 2.61. The van der Waals surface area contributed by atoms with Gasteiger partial charge in [-0.3, -0.25) is 10.1 Å². The van der Waals surface area contributed by atoms with E-state index >= 15 is 0 Å². The third kappa shape index (κ3) is 6.92. The summed E-state index contributed by atoms with van der Waals surface area (Å²) in [5.41, 5.74) is 1.93. The number of nitrogens with one attached hydrogen (secondary N) is 1. The number of hydrogen-bond donors (Lipinski definition) is 1. The molecule has 2 aromatic carbocycles. The van der Waals surface area contributed by atoms with E-state index in [1.54, 1.807) is 13.2 Å². The zero-order chi connectivity index (χ0) is 19.5. The van der Waals surface area contributed by atoms with Gasteiger partial charge in [-0.05, 0) is 41.6 Å². The van der Waals surface area contributed by atoms with Gasteiger partial charge in [0.25, 0.3) is 0 Å². The molecule has 0 radical (unpaired) electrons. The fourth-order valence-electron chi connectivity index (χ4n) is 2.35. The van der Waals surface area contributed by atoms with Gasteiger partial charge in [0.15, 0.2) is 5.11 Å². The van der Waals surface area contributed by atoms with Gasteiger partial charge in [-0.25, -0.2) is 0 Å². The molecule has 0 bridgehead atoms. The van der Waals surface area contributed by atoms with Gasteiger partial charge in [0.2, 0.25) is 5.91 Å². The zero-order valence-electron chi connectivity index (χ0n) is 15.1. The van der Waals surface area contributed by atoms with Crippen molar-refractivity contribution >= 4 is 29.3 Å². The summed E-state index contributed by atoms with van der Waals surface area (Å²) in [5.74, 6) is 0.442. The van der Waals surface area contributed by atoms with Gasteiger partial charge in [0.05, 0.1) is 19.6 Å². The van der Waals surface area contributed by atoms with Crippen molar-refractivity contribution in [1.82, 2.24) is 10.2 Å². The first kappa shape index (κ1) is 20.1. The second kappa shape index (κ2) is 10.7. The van der Waals surface area contributed by atoms with Crippen LogP contribution in [0.1, 0.15) is 17.5 Å². The smallest absolute Gasteiger partial charge is 0.250 e. The van der Waals surface area contributed by atoms with Crippen molar-refractivity contribution < 1.29 is 9.53 Å². The highest BCUT2D eigenvalue weighted by atomic mass is 32.1. The maximum atomic E-state index is 12.2. The summed E-state index contributed by atoms with van der Waals surface area (Å²) in [7, 11) is 1.60. The lowest BCUT2D eigenvalue weighted by molar-refractivity contribution is -0.115. The maximum Gasteiger partial charge on any atom is 0.250 e. The lowest BCUT2D eigenvalue weighted by atomic mass is 10.2. The van der Waals surface area contributed by atoms with E-state index < -0.39 is 0 Å². The Bertz CT molecular complexity index is 827. The third-order valence-electron chi connectivity index (χ3n) is 3.77. The molecule has 0 spiro atoms. The minimum absolute atomic E-state index is 0.304. The number of thiocarbonyl (C=S) groups is 1. The molecule has 0 atom stereocenters. The van der Waals surface area contributed by atoms with E-state index in [1.165, 1.54) is 6.08 Å². The molecule has 1 amide bonds. The van der Waals surface area contributed by atoms with E-state index in [0.717, 1.165) is 16.9 Å². The SMILES string of the molecule is COc1ccc(/C=C/C(=O)NC(=S)N(CCC#N)Cc2ccccc2)cc1. The highest BCUT2D eigenvalue weighted by molar-refractivity contribution is 7.80. The normalized spacial score (nSPS) is 10.2. The molecule has 0 saturated carbocycles. The molecule has 0 heterocycles. The summed E-state index contributed by atoms with van der Waals surface area (Å²) in [6.45, 7) is 0.983. The highest BCUT2D eigenvalue weighted by Gasteiger charge is 2.12. The number of benzene rings is 2. The molecule has 5 nitrogen and oxygen atoms in total. The van der Waals surface area contributed by atoms with Crippen molar-refractivity contribution in [2.45, 2.75) is 13.0 Å². The number of rotatable bonds is 7. The van der Waals surface area contributed by atoms with Crippen LogP contribution in [0.3, 0.4) is 0 Å². The summed E-state index contributed by atoms with van der Waals surface area (Å²) in [6.07, 6.45) is 3.46. The Morgan fingerprint density at radius 2 is 1.93 bits per heavy atom. The summed E-state index contributed by atoms with van der Waals surface area (Å²) in [6, 6.07) is 19.3. The molecule has 2 aromatic rings. The van der Waals surface area contributed by atoms with Crippen LogP contribution < -0.4 is 10.1 Å². The van der Waals surface area contributed by atoms with Crippen molar-refractivity contribution in [2.24, 2.45) is 0 Å². The molecule has 0 fully saturated rings. The van der Waals surface area contributed by atoms with E-state index in [-0.39, 0.29) is 5.91 Å². The molecule has 0 aliphatic carbocycles. The van der Waals surface area contributed by atoms with Crippen molar-refractivity contribution in [2.75, 3.05) is 13.7 Å². The first-order valence-corrected chi connectivity index (χ1v) is 8.86. The molecule has 0 aromatic heterocycles. The molecule has 0 aliphatic heterocycles. The standard InChI is InChI=1S/C21H21N3O2S/c1-26-19-11-8-17(9-12-19)10-13-20(25)23-21(27)24(15-5-14-22)16-18-6-3-2-4-7-18/h2-4,6-13H,5,15-16H2,1H3,(H,23,25,27)/b13-10+. The summed E-state index contributed by atoms with van der Waals surface area (Å²) >= 11 is 5.36. The number of nitriles is 1. The number of carbonyl (C=O) groups is 1. The van der Waals surface area contributed by atoms with Crippen LogP contribution in [0.4, 0.5) is 0 Å². The van der Waals surface area contributed by atoms with E-state index in [2.05, 4.69) is 11.4 Å². The molecule has 27 heavy (non-hydrogen) atoms. The lowest BCUT2D eigenvalue weighted by Crippen LogP contribution is -2.42. The number of hydrogen-bond acceptors (Lipinski definition) is 4. The van der Waals surface area contributed by atoms with Gasteiger partial charge in [0, 0.05) is 19.2 Å². The van der Waals surface area contributed by atoms with Gasteiger partial charge in [0.1, 0.15) is 5.75 Å². The Morgan fingerprint density at radius 1 is 1.22 bits per heavy atom. The number of ether oxygens (including phenoxy) is 1. The Labute approximate surface area is 164 Å². The van der Waals surface area contributed by atoms with Gasteiger partial charge >= 0.3 is 0 Å². The van der Waals surface area contributed by atoms with Crippen LogP contribution in [0.25, 0.3) is 6.08 Å². The largest absolute Gasteiger partial charge is 0.497 e. The quantitative estimate of drug-likeness (QED) is 0.589. The molecular formula is C21H21N3O2S. The third-order valence-corrected chi connectivity index (χ3v) is 4.13. The van der Waals surface area contributed by atoms with Gasteiger partial charge in [-0.2, -0.15) is 5.26 Å². The summed E-state index contributed by atoms with van der Waals surface area (Å²) in [4.78, 5) is 14.0. The molecular weight excluding hydrogens is 358 g/mol. The first-order chi connectivity index (χ1) is 13.1. The second-order valence-corrected chi connectivity index (χ2v) is 6.10. The first-order valence-electron chi connectivity index (χ1n) is 8.45. The van der Waals surface area contributed by atoms with Crippen molar-refractivity contribution in [3.05, 3.63) is 71.8 Å². The van der Waals surface area contributed by atoms with E-state index in [1.807, 2.05) is 59.5 Å². The van der Waals surface area contributed by atoms with Gasteiger partial charge < -0.3 is 9.64 Å². The van der Waals surface area contributed by atoms with E-state index in [9.17, 15) is 4.79 Å². The Hall–Kier alpha value is -3.17. The fraction of sp³-hybridized carbons (Fsp3) is 0.190.